The molecule has 0 saturated carbocycles. The molecular formula is C21H25NO5. The summed E-state index contributed by atoms with van der Waals surface area (Å²) >= 11 is 0. The van der Waals surface area contributed by atoms with Gasteiger partial charge in [-0.05, 0) is 56.0 Å². The molecule has 0 aliphatic heterocycles. The van der Waals surface area contributed by atoms with Crippen LogP contribution in [0.2, 0.25) is 0 Å². The molecule has 0 aromatic heterocycles. The maximum atomic E-state index is 12.0. The zero-order valence-corrected chi connectivity index (χ0v) is 15.7. The van der Waals surface area contributed by atoms with Gasteiger partial charge in [0.1, 0.15) is 11.5 Å². The third-order valence-electron chi connectivity index (χ3n) is 3.88. The Kier molecular flexibility index (Phi) is 7.67. The first-order valence-corrected chi connectivity index (χ1v) is 8.88. The second-order valence-corrected chi connectivity index (χ2v) is 6.33. The Morgan fingerprint density at radius 2 is 1.85 bits per heavy atom. The second-order valence-electron chi connectivity index (χ2n) is 6.33. The third-order valence-corrected chi connectivity index (χ3v) is 3.88. The van der Waals surface area contributed by atoms with Crippen molar-refractivity contribution in [3.63, 3.8) is 0 Å². The average Bonchev–Trinajstić information content (AvgIpc) is 2.63. The molecule has 0 radical (unpaired) electrons. The van der Waals surface area contributed by atoms with Crippen LogP contribution in [0.5, 0.6) is 11.5 Å². The molecule has 0 fully saturated rings. The number of benzene rings is 2. The van der Waals surface area contributed by atoms with Gasteiger partial charge < -0.3 is 19.9 Å². The number of rotatable bonds is 10. The molecule has 0 atom stereocenters. The van der Waals surface area contributed by atoms with E-state index in [4.69, 9.17) is 14.6 Å². The summed E-state index contributed by atoms with van der Waals surface area (Å²) in [5.74, 6) is 0.138. The van der Waals surface area contributed by atoms with Crippen molar-refractivity contribution >= 4 is 17.6 Å². The minimum atomic E-state index is -1.05. The molecule has 2 aromatic rings. The number of aryl methyl sites for hydroxylation is 2. The van der Waals surface area contributed by atoms with Gasteiger partial charge in [0.05, 0.1) is 6.61 Å². The Bertz CT molecular complexity index is 788. The number of anilines is 1. The van der Waals surface area contributed by atoms with Gasteiger partial charge >= 0.3 is 5.97 Å². The zero-order valence-electron chi connectivity index (χ0n) is 15.7. The quantitative estimate of drug-likeness (QED) is 0.618. The normalized spacial score (nSPS) is 10.3. The monoisotopic (exact) mass is 371 g/mol. The number of carboxylic acids is 1. The van der Waals surface area contributed by atoms with Crippen LogP contribution in [-0.4, -0.2) is 30.2 Å². The van der Waals surface area contributed by atoms with Gasteiger partial charge in [-0.1, -0.05) is 18.2 Å². The van der Waals surface area contributed by atoms with Crippen molar-refractivity contribution in [2.24, 2.45) is 0 Å². The lowest BCUT2D eigenvalue weighted by atomic mass is 10.1. The molecule has 2 aromatic carbocycles. The van der Waals surface area contributed by atoms with E-state index < -0.39 is 12.6 Å². The number of unbranched alkanes of at least 4 members (excludes halogenated alkanes) is 1. The zero-order chi connectivity index (χ0) is 19.6. The molecule has 0 saturated heterocycles. The number of ether oxygens (including phenoxy) is 2. The van der Waals surface area contributed by atoms with E-state index in [0.717, 1.165) is 23.3 Å². The van der Waals surface area contributed by atoms with Crippen LogP contribution in [0.25, 0.3) is 0 Å². The molecule has 144 valence electrons. The number of carboxylic acid groups (broad SMARTS) is 1. The molecule has 0 bridgehead atoms. The number of hydrogen-bond donors (Lipinski definition) is 2. The molecule has 0 unspecified atom stereocenters. The van der Waals surface area contributed by atoms with E-state index in [0.29, 0.717) is 30.9 Å². The summed E-state index contributed by atoms with van der Waals surface area (Å²) in [5, 5.41) is 11.4. The summed E-state index contributed by atoms with van der Waals surface area (Å²) in [6.07, 6.45) is 1.88. The van der Waals surface area contributed by atoms with Gasteiger partial charge in [-0.25, -0.2) is 4.79 Å². The Morgan fingerprint density at radius 1 is 1.04 bits per heavy atom. The van der Waals surface area contributed by atoms with E-state index in [1.807, 2.05) is 32.0 Å². The van der Waals surface area contributed by atoms with Crippen LogP contribution in [0.4, 0.5) is 5.69 Å². The molecule has 0 aliphatic carbocycles. The van der Waals surface area contributed by atoms with Crippen molar-refractivity contribution < 1.29 is 24.2 Å². The van der Waals surface area contributed by atoms with Crippen LogP contribution < -0.4 is 14.8 Å². The van der Waals surface area contributed by atoms with E-state index >= 15 is 0 Å². The summed E-state index contributed by atoms with van der Waals surface area (Å²) in [5.41, 5.74) is 2.84. The molecule has 2 N–H and O–H groups in total. The predicted molar refractivity (Wildman–Crippen MR) is 103 cm³/mol. The fourth-order valence-electron chi connectivity index (χ4n) is 2.46. The number of hydrogen-bond acceptors (Lipinski definition) is 4. The van der Waals surface area contributed by atoms with Crippen molar-refractivity contribution in [1.82, 2.24) is 0 Å². The van der Waals surface area contributed by atoms with E-state index in [1.54, 1.807) is 24.3 Å². The molecule has 0 heterocycles. The van der Waals surface area contributed by atoms with Crippen molar-refractivity contribution in [3.05, 3.63) is 53.6 Å². The maximum absolute atomic E-state index is 12.0. The van der Waals surface area contributed by atoms with Gasteiger partial charge in [-0.15, -0.1) is 0 Å². The summed E-state index contributed by atoms with van der Waals surface area (Å²) in [7, 11) is 0. The highest BCUT2D eigenvalue weighted by molar-refractivity contribution is 5.90. The number of carbonyl (C=O) groups is 2. The highest BCUT2D eigenvalue weighted by atomic mass is 16.5. The van der Waals surface area contributed by atoms with Crippen molar-refractivity contribution in [2.45, 2.75) is 33.1 Å². The van der Waals surface area contributed by atoms with Crippen LogP contribution in [-0.2, 0) is 9.59 Å². The summed E-state index contributed by atoms with van der Waals surface area (Å²) < 4.78 is 10.9. The van der Waals surface area contributed by atoms with Crippen LogP contribution in [0.15, 0.2) is 42.5 Å². The number of aliphatic carboxylic acids is 1. The first-order chi connectivity index (χ1) is 12.9. The van der Waals surface area contributed by atoms with E-state index in [-0.39, 0.29) is 5.91 Å². The minimum absolute atomic E-state index is 0.0999. The molecule has 6 heteroatoms. The second kappa shape index (κ2) is 10.2. The van der Waals surface area contributed by atoms with Gasteiger partial charge in [0.25, 0.3) is 0 Å². The van der Waals surface area contributed by atoms with Crippen molar-refractivity contribution in [3.8, 4) is 11.5 Å². The fraction of sp³-hybridized carbons (Fsp3) is 0.333. The molecule has 1 amide bonds. The van der Waals surface area contributed by atoms with Crippen LogP contribution in [0, 0.1) is 13.8 Å². The van der Waals surface area contributed by atoms with Crippen molar-refractivity contribution in [2.75, 3.05) is 18.5 Å². The lowest BCUT2D eigenvalue weighted by molar-refractivity contribution is -0.139. The van der Waals surface area contributed by atoms with Crippen LogP contribution >= 0.6 is 0 Å². The minimum Gasteiger partial charge on any atom is -0.493 e. The first-order valence-electron chi connectivity index (χ1n) is 8.88. The van der Waals surface area contributed by atoms with Gasteiger partial charge in [0.15, 0.2) is 6.61 Å². The molecular weight excluding hydrogens is 346 g/mol. The lowest BCUT2D eigenvalue weighted by Crippen LogP contribution is -2.12. The number of nitrogens with one attached hydrogen (secondary N) is 1. The summed E-state index contributed by atoms with van der Waals surface area (Å²) in [6, 6.07) is 12.8. The molecule has 27 heavy (non-hydrogen) atoms. The smallest absolute Gasteiger partial charge is 0.341 e. The van der Waals surface area contributed by atoms with Gasteiger partial charge in [0.2, 0.25) is 5.91 Å². The third kappa shape index (κ3) is 7.40. The topological polar surface area (TPSA) is 84.9 Å². The molecule has 0 aliphatic rings. The molecule has 2 rings (SSSR count). The van der Waals surface area contributed by atoms with E-state index in [1.165, 1.54) is 0 Å². The highest BCUT2D eigenvalue weighted by Gasteiger charge is 2.05. The number of amides is 1. The Hall–Kier alpha value is -3.02. The summed E-state index contributed by atoms with van der Waals surface area (Å²) in [4.78, 5) is 22.6. The largest absolute Gasteiger partial charge is 0.493 e. The Morgan fingerprint density at radius 3 is 2.63 bits per heavy atom. The van der Waals surface area contributed by atoms with Gasteiger partial charge in [-0.2, -0.15) is 0 Å². The average molecular weight is 371 g/mol. The van der Waals surface area contributed by atoms with Crippen LogP contribution in [0.3, 0.4) is 0 Å². The number of carbonyl (C=O) groups excluding carboxylic acids is 1. The van der Waals surface area contributed by atoms with Crippen molar-refractivity contribution in [1.29, 1.82) is 0 Å². The highest BCUT2D eigenvalue weighted by Crippen LogP contribution is 2.20. The summed E-state index contributed by atoms with van der Waals surface area (Å²) in [6.45, 7) is 4.18. The fourth-order valence-corrected chi connectivity index (χ4v) is 2.46. The Balaban J connectivity index is 1.69. The maximum Gasteiger partial charge on any atom is 0.341 e. The SMILES string of the molecule is Cc1ccc(C)c(OCCCCC(=O)Nc2cccc(OCC(=O)O)c2)c1. The predicted octanol–water partition coefficient (Wildman–Crippen LogP) is 3.95. The van der Waals surface area contributed by atoms with E-state index in [9.17, 15) is 9.59 Å². The lowest BCUT2D eigenvalue weighted by Gasteiger charge is -2.10. The van der Waals surface area contributed by atoms with Gasteiger partial charge in [0, 0.05) is 18.2 Å². The van der Waals surface area contributed by atoms with E-state index in [2.05, 4.69) is 5.32 Å². The Labute approximate surface area is 159 Å². The first kappa shape index (κ1) is 20.3. The van der Waals surface area contributed by atoms with Gasteiger partial charge in [-0.3, -0.25) is 4.79 Å². The van der Waals surface area contributed by atoms with Crippen LogP contribution in [0.1, 0.15) is 30.4 Å². The molecule has 6 nitrogen and oxygen atoms in total. The molecule has 0 spiro atoms. The standard InChI is InChI=1S/C21H25NO5/c1-15-9-10-16(2)19(12-15)26-11-4-3-8-20(23)22-17-6-5-7-18(13-17)27-14-21(24)25/h5-7,9-10,12-13H,3-4,8,11,14H2,1-2H3,(H,22,23)(H,24,25).